The van der Waals surface area contributed by atoms with Gasteiger partial charge in [-0.25, -0.2) is 9.97 Å². The Morgan fingerprint density at radius 2 is 1.96 bits per heavy atom. The van der Waals surface area contributed by atoms with Crippen LogP contribution in [0.15, 0.2) is 12.3 Å². The number of pyridine rings is 1. The summed E-state index contributed by atoms with van der Waals surface area (Å²) in [6.07, 6.45) is 5.42. The number of nitrogens with two attached hydrogens (primary N) is 1. The topological polar surface area (TPSA) is 89.6 Å². The van der Waals surface area contributed by atoms with Gasteiger partial charge in [0.05, 0.1) is 21.7 Å². The molecule has 1 aliphatic rings. The minimum Gasteiger partial charge on any atom is -0.368 e. The highest BCUT2D eigenvalue weighted by Gasteiger charge is 2.28. The van der Waals surface area contributed by atoms with Crippen molar-refractivity contribution < 1.29 is 0 Å². The number of hydrogen-bond donors (Lipinski definition) is 2. The zero-order valence-electron chi connectivity index (χ0n) is 16.3. The number of hydrogen-bond acceptors (Lipinski definition) is 7. The van der Waals surface area contributed by atoms with Gasteiger partial charge in [-0.3, -0.25) is 4.98 Å². The molecule has 0 bridgehead atoms. The molecule has 142 valence electrons. The molecule has 3 N–H and O–H groups in total. The summed E-state index contributed by atoms with van der Waals surface area (Å²) < 4.78 is 1.13. The molecule has 0 spiro atoms. The summed E-state index contributed by atoms with van der Waals surface area (Å²) in [5, 5.41) is 4.57. The summed E-state index contributed by atoms with van der Waals surface area (Å²) in [6.45, 7) is 8.58. The van der Waals surface area contributed by atoms with Gasteiger partial charge in [-0.05, 0) is 51.0 Å². The Balaban J connectivity index is 1.73. The van der Waals surface area contributed by atoms with Crippen LogP contribution < -0.4 is 11.1 Å². The molecule has 2 unspecified atom stereocenters. The second-order valence-electron chi connectivity index (χ2n) is 7.81. The molecule has 3 heterocycles. The van der Waals surface area contributed by atoms with Crippen LogP contribution in [0.1, 0.15) is 44.5 Å². The van der Waals surface area contributed by atoms with Crippen molar-refractivity contribution in [2.75, 3.05) is 11.1 Å². The van der Waals surface area contributed by atoms with E-state index in [2.05, 4.69) is 34.1 Å². The molecule has 1 fully saturated rings. The average molecular weight is 383 g/mol. The molecule has 7 heteroatoms. The van der Waals surface area contributed by atoms with Crippen molar-refractivity contribution in [3.05, 3.63) is 23.7 Å². The summed E-state index contributed by atoms with van der Waals surface area (Å²) in [7, 11) is 0. The third kappa shape index (κ3) is 3.48. The highest BCUT2D eigenvalue weighted by molar-refractivity contribution is 7.21. The van der Waals surface area contributed by atoms with E-state index >= 15 is 0 Å². The van der Waals surface area contributed by atoms with Crippen molar-refractivity contribution in [3.63, 3.8) is 0 Å². The van der Waals surface area contributed by atoms with Gasteiger partial charge in [0, 0.05) is 12.2 Å². The van der Waals surface area contributed by atoms with E-state index in [0.717, 1.165) is 50.3 Å². The van der Waals surface area contributed by atoms with Gasteiger partial charge in [0.1, 0.15) is 16.3 Å². The van der Waals surface area contributed by atoms with E-state index in [1.807, 2.05) is 26.1 Å². The number of nitrogens with one attached hydrogen (secondary N) is 1. The molecule has 3 aromatic heterocycles. The number of aryl methyl sites for hydroxylation is 2. The maximum Gasteiger partial charge on any atom is 0.222 e. The minimum absolute atomic E-state index is 0.302. The maximum absolute atomic E-state index is 5.97. The van der Waals surface area contributed by atoms with Gasteiger partial charge < -0.3 is 11.1 Å². The van der Waals surface area contributed by atoms with Crippen molar-refractivity contribution in [3.8, 4) is 10.6 Å². The SMILES string of the molecule is Cc1nc(N)nc(NC2CCC(C(C)C)C2)c1-c1nc2c(C)nccc2s1. The first-order valence-electron chi connectivity index (χ1n) is 9.55. The van der Waals surface area contributed by atoms with Crippen molar-refractivity contribution in [1.82, 2.24) is 19.9 Å². The van der Waals surface area contributed by atoms with Crippen molar-refractivity contribution in [1.29, 1.82) is 0 Å². The number of rotatable bonds is 4. The molecule has 6 nitrogen and oxygen atoms in total. The van der Waals surface area contributed by atoms with E-state index in [1.165, 1.54) is 12.8 Å². The largest absolute Gasteiger partial charge is 0.368 e. The Bertz CT molecular complexity index is 980. The van der Waals surface area contributed by atoms with Gasteiger partial charge in [-0.2, -0.15) is 4.98 Å². The van der Waals surface area contributed by atoms with Crippen molar-refractivity contribution in [2.45, 2.75) is 53.0 Å². The molecule has 0 aromatic carbocycles. The van der Waals surface area contributed by atoms with Gasteiger partial charge in [0.15, 0.2) is 0 Å². The van der Waals surface area contributed by atoms with E-state index in [9.17, 15) is 0 Å². The Labute approximate surface area is 163 Å². The first-order chi connectivity index (χ1) is 12.9. The zero-order chi connectivity index (χ0) is 19.1. The van der Waals surface area contributed by atoms with Crippen LogP contribution in [0.5, 0.6) is 0 Å². The molecule has 27 heavy (non-hydrogen) atoms. The van der Waals surface area contributed by atoms with Crippen LogP contribution in [0.3, 0.4) is 0 Å². The van der Waals surface area contributed by atoms with E-state index in [1.54, 1.807) is 11.3 Å². The fourth-order valence-electron chi connectivity index (χ4n) is 3.99. The van der Waals surface area contributed by atoms with Crippen LogP contribution >= 0.6 is 11.3 Å². The van der Waals surface area contributed by atoms with Gasteiger partial charge in [0.2, 0.25) is 5.95 Å². The molecule has 4 rings (SSSR count). The van der Waals surface area contributed by atoms with Gasteiger partial charge >= 0.3 is 0 Å². The molecule has 0 saturated heterocycles. The number of aromatic nitrogens is 4. The second kappa shape index (κ2) is 7.03. The number of fused-ring (bicyclic) bond motifs is 1. The number of thiazole rings is 1. The predicted octanol–water partition coefficient (Wildman–Crippen LogP) is 4.58. The lowest BCUT2D eigenvalue weighted by atomic mass is 9.94. The fourth-order valence-corrected chi connectivity index (χ4v) is 5.10. The lowest BCUT2D eigenvalue weighted by molar-refractivity contribution is 0.393. The van der Waals surface area contributed by atoms with Crippen molar-refractivity contribution in [2.24, 2.45) is 11.8 Å². The number of nitrogen functional groups attached to an aromatic ring is 1. The average Bonchev–Trinajstić information content (AvgIpc) is 3.22. The van der Waals surface area contributed by atoms with Gasteiger partial charge in [-0.15, -0.1) is 11.3 Å². The van der Waals surface area contributed by atoms with Crippen LogP contribution in [-0.2, 0) is 0 Å². The number of anilines is 2. The second-order valence-corrected chi connectivity index (χ2v) is 8.84. The lowest BCUT2D eigenvalue weighted by Crippen LogP contribution is -2.19. The molecule has 2 atom stereocenters. The quantitative estimate of drug-likeness (QED) is 0.686. The molecular formula is C20H26N6S. The molecule has 0 aliphatic heterocycles. The van der Waals surface area contributed by atoms with Gasteiger partial charge in [-0.1, -0.05) is 13.8 Å². The third-order valence-electron chi connectivity index (χ3n) is 5.57. The summed E-state index contributed by atoms with van der Waals surface area (Å²) >= 11 is 1.65. The monoisotopic (exact) mass is 382 g/mol. The van der Waals surface area contributed by atoms with E-state index in [-0.39, 0.29) is 0 Å². The summed E-state index contributed by atoms with van der Waals surface area (Å²) in [5.41, 5.74) is 9.66. The Kier molecular flexibility index (Phi) is 4.72. The van der Waals surface area contributed by atoms with Crippen molar-refractivity contribution >= 4 is 33.3 Å². The predicted molar refractivity (Wildman–Crippen MR) is 112 cm³/mol. The smallest absolute Gasteiger partial charge is 0.222 e. The molecule has 1 aliphatic carbocycles. The Morgan fingerprint density at radius 3 is 2.67 bits per heavy atom. The Hall–Kier alpha value is -2.28. The maximum atomic E-state index is 5.97. The molecule has 0 amide bonds. The first-order valence-corrected chi connectivity index (χ1v) is 10.4. The van der Waals surface area contributed by atoms with E-state index in [4.69, 9.17) is 10.7 Å². The third-order valence-corrected chi connectivity index (χ3v) is 6.61. The standard InChI is InChI=1S/C20H26N6S/c1-10(2)13-5-6-14(9-13)24-18-16(11(3)23-20(21)26-18)19-25-17-12(4)22-8-7-15(17)27-19/h7-8,10,13-14H,5-6,9H2,1-4H3,(H3,21,23,24,26). The molecule has 1 saturated carbocycles. The highest BCUT2D eigenvalue weighted by atomic mass is 32.1. The first kappa shape index (κ1) is 18.1. The highest BCUT2D eigenvalue weighted by Crippen LogP contribution is 2.38. The van der Waals surface area contributed by atoms with Crippen LogP contribution in [0.4, 0.5) is 11.8 Å². The van der Waals surface area contributed by atoms with E-state index in [0.29, 0.717) is 17.9 Å². The van der Waals surface area contributed by atoms with Crippen LogP contribution in [0.25, 0.3) is 20.8 Å². The lowest BCUT2D eigenvalue weighted by Gasteiger charge is -2.18. The molecule has 3 aromatic rings. The molecular weight excluding hydrogens is 356 g/mol. The fraction of sp³-hybridized carbons (Fsp3) is 0.500. The minimum atomic E-state index is 0.302. The summed E-state index contributed by atoms with van der Waals surface area (Å²) in [6, 6.07) is 2.43. The van der Waals surface area contributed by atoms with E-state index < -0.39 is 0 Å². The zero-order valence-corrected chi connectivity index (χ0v) is 17.1. The summed E-state index contributed by atoms with van der Waals surface area (Å²) in [5.74, 6) is 2.59. The number of nitrogens with zero attached hydrogens (tertiary/aromatic N) is 4. The van der Waals surface area contributed by atoms with Crippen LogP contribution in [0.2, 0.25) is 0 Å². The normalized spacial score (nSPS) is 19.9. The molecule has 0 radical (unpaired) electrons. The van der Waals surface area contributed by atoms with Crippen LogP contribution in [-0.4, -0.2) is 26.0 Å². The summed E-state index contributed by atoms with van der Waals surface area (Å²) in [4.78, 5) is 18.1. The Morgan fingerprint density at radius 1 is 1.15 bits per heavy atom. The van der Waals surface area contributed by atoms with Gasteiger partial charge in [0.25, 0.3) is 0 Å². The van der Waals surface area contributed by atoms with Crippen LogP contribution in [0, 0.1) is 25.7 Å².